The Labute approximate surface area is 213 Å². The van der Waals surface area contributed by atoms with Crippen molar-refractivity contribution in [1.82, 2.24) is 0 Å². The second-order valence-electron chi connectivity index (χ2n) is 10.4. The summed E-state index contributed by atoms with van der Waals surface area (Å²) in [7, 11) is 0. The lowest BCUT2D eigenvalue weighted by Gasteiger charge is -2.41. The number of hydrogen-bond donors (Lipinski definition) is 1. The van der Waals surface area contributed by atoms with E-state index in [9.17, 15) is 5.11 Å². The zero-order valence-corrected chi connectivity index (χ0v) is 21.3. The van der Waals surface area contributed by atoms with Gasteiger partial charge in [-0.1, -0.05) is 60.1 Å². The lowest BCUT2D eigenvalue weighted by Crippen LogP contribution is -2.46. The van der Waals surface area contributed by atoms with Crippen LogP contribution in [0.25, 0.3) is 0 Å². The van der Waals surface area contributed by atoms with Gasteiger partial charge in [-0.25, -0.2) is 0 Å². The fraction of sp³-hybridized carbons (Fsp3) is 0.400. The van der Waals surface area contributed by atoms with E-state index in [2.05, 4.69) is 79.4 Å². The van der Waals surface area contributed by atoms with Crippen LogP contribution in [-0.2, 0) is 17.7 Å². The molecule has 2 atom stereocenters. The lowest BCUT2D eigenvalue weighted by molar-refractivity contribution is -0.0737. The van der Waals surface area contributed by atoms with E-state index in [1.807, 2.05) is 6.07 Å². The molecule has 1 fully saturated rings. The molecule has 0 unspecified atom stereocenters. The van der Waals surface area contributed by atoms with Crippen molar-refractivity contribution in [2.75, 3.05) is 18.1 Å². The van der Waals surface area contributed by atoms with E-state index < -0.39 is 0 Å². The predicted octanol–water partition coefficient (Wildman–Crippen LogP) is 6.71. The molecule has 0 aromatic heterocycles. The molecule has 3 aromatic rings. The monoisotopic (exact) mass is 491 g/mol. The third-order valence-electron chi connectivity index (χ3n) is 6.93. The molecule has 0 spiro atoms. The normalized spacial score (nSPS) is 21.3. The fourth-order valence-corrected chi connectivity index (χ4v) is 5.44. The highest BCUT2D eigenvalue weighted by Crippen LogP contribution is 2.39. The average Bonchev–Trinajstić information content (AvgIpc) is 2.86. The number of benzene rings is 3. The number of hydrogen-bond acceptors (Lipinski definition) is 4. The molecule has 5 heteroatoms. The van der Waals surface area contributed by atoms with E-state index in [1.165, 1.54) is 11.1 Å². The van der Waals surface area contributed by atoms with Gasteiger partial charge in [0.05, 0.1) is 31.0 Å². The molecule has 184 valence electrons. The van der Waals surface area contributed by atoms with Crippen LogP contribution in [0.2, 0.25) is 5.02 Å². The molecule has 0 radical (unpaired) electrons. The minimum atomic E-state index is -0.257. The first-order chi connectivity index (χ1) is 16.9. The summed E-state index contributed by atoms with van der Waals surface area (Å²) >= 11 is 6.64. The number of rotatable bonds is 6. The van der Waals surface area contributed by atoms with Gasteiger partial charge in [0.2, 0.25) is 0 Å². The van der Waals surface area contributed by atoms with Crippen molar-refractivity contribution in [3.8, 4) is 5.75 Å². The first kappa shape index (κ1) is 24.2. The van der Waals surface area contributed by atoms with E-state index in [4.69, 9.17) is 21.1 Å². The van der Waals surface area contributed by atoms with Crippen molar-refractivity contribution in [3.63, 3.8) is 0 Å². The second kappa shape index (κ2) is 10.2. The number of fused-ring (bicyclic) bond motifs is 1. The number of nitrogens with zero attached hydrogens (tertiary/aromatic N) is 1. The fourth-order valence-electron chi connectivity index (χ4n) is 5.26. The third kappa shape index (κ3) is 5.66. The van der Waals surface area contributed by atoms with Gasteiger partial charge in [0.15, 0.2) is 0 Å². The van der Waals surface area contributed by atoms with E-state index in [0.29, 0.717) is 0 Å². The van der Waals surface area contributed by atoms with Crippen LogP contribution in [0, 0.1) is 0 Å². The zero-order valence-electron chi connectivity index (χ0n) is 20.5. The van der Waals surface area contributed by atoms with Crippen molar-refractivity contribution >= 4 is 17.3 Å². The summed E-state index contributed by atoms with van der Waals surface area (Å²) in [6.07, 6.45) is 3.62. The van der Waals surface area contributed by atoms with Crippen molar-refractivity contribution in [2.45, 2.75) is 63.9 Å². The molecule has 35 heavy (non-hydrogen) atoms. The smallest absolute Gasteiger partial charge is 0.143 e. The van der Waals surface area contributed by atoms with Gasteiger partial charge in [0, 0.05) is 11.6 Å². The van der Waals surface area contributed by atoms with Gasteiger partial charge < -0.3 is 19.5 Å². The summed E-state index contributed by atoms with van der Waals surface area (Å²) < 4.78 is 12.4. The Kier molecular flexibility index (Phi) is 7.06. The first-order valence-corrected chi connectivity index (χ1v) is 12.9. The lowest BCUT2D eigenvalue weighted by atomic mass is 9.95. The Morgan fingerprint density at radius 3 is 2.63 bits per heavy atom. The van der Waals surface area contributed by atoms with Crippen molar-refractivity contribution in [1.29, 1.82) is 0 Å². The molecule has 2 heterocycles. The van der Waals surface area contributed by atoms with E-state index in [0.717, 1.165) is 66.4 Å². The molecule has 1 N–H and O–H groups in total. The number of aliphatic hydroxyl groups is 1. The molecule has 0 aliphatic carbocycles. The van der Waals surface area contributed by atoms with Gasteiger partial charge in [0.1, 0.15) is 11.4 Å². The van der Waals surface area contributed by atoms with Crippen molar-refractivity contribution < 1.29 is 14.6 Å². The van der Waals surface area contributed by atoms with Crippen LogP contribution in [0.3, 0.4) is 0 Å². The van der Waals surface area contributed by atoms with Crippen LogP contribution in [-0.4, -0.2) is 30.0 Å². The van der Waals surface area contributed by atoms with Crippen LogP contribution in [0.15, 0.2) is 66.7 Å². The largest absolute Gasteiger partial charge is 0.484 e. The van der Waals surface area contributed by atoms with Gasteiger partial charge in [0.25, 0.3) is 0 Å². The molecule has 1 saturated heterocycles. The van der Waals surface area contributed by atoms with E-state index in [-0.39, 0.29) is 24.4 Å². The van der Waals surface area contributed by atoms with Gasteiger partial charge >= 0.3 is 0 Å². The van der Waals surface area contributed by atoms with Gasteiger partial charge in [-0.2, -0.15) is 0 Å². The topological polar surface area (TPSA) is 41.9 Å². The van der Waals surface area contributed by atoms with Gasteiger partial charge in [-0.3, -0.25) is 0 Å². The van der Waals surface area contributed by atoms with Gasteiger partial charge in [-0.05, 0) is 80.0 Å². The number of ether oxygens (including phenoxy) is 2. The Hall–Kier alpha value is -2.53. The summed E-state index contributed by atoms with van der Waals surface area (Å²) in [6.45, 7) is 6.01. The third-order valence-corrected chi connectivity index (χ3v) is 7.30. The highest BCUT2D eigenvalue weighted by molar-refractivity contribution is 6.31. The molecule has 0 saturated carbocycles. The maximum atomic E-state index is 9.53. The Morgan fingerprint density at radius 2 is 1.83 bits per heavy atom. The maximum absolute atomic E-state index is 9.53. The summed E-state index contributed by atoms with van der Waals surface area (Å²) in [5.41, 5.74) is 5.57. The Morgan fingerprint density at radius 1 is 1.00 bits per heavy atom. The number of aliphatic hydroxyl groups excluding tert-OH is 1. The van der Waals surface area contributed by atoms with E-state index >= 15 is 0 Å². The van der Waals surface area contributed by atoms with Crippen molar-refractivity contribution in [2.24, 2.45) is 0 Å². The molecule has 2 aliphatic heterocycles. The summed E-state index contributed by atoms with van der Waals surface area (Å²) in [5, 5.41) is 10.3. The number of anilines is 1. The van der Waals surface area contributed by atoms with Crippen molar-refractivity contribution in [3.05, 3.63) is 94.0 Å². The maximum Gasteiger partial charge on any atom is 0.143 e. The van der Waals surface area contributed by atoms with Crippen LogP contribution in [0.4, 0.5) is 5.69 Å². The minimum absolute atomic E-state index is 0.0115. The highest BCUT2D eigenvalue weighted by atomic mass is 35.5. The minimum Gasteiger partial charge on any atom is -0.484 e. The average molecular weight is 492 g/mol. The standard InChI is InChI=1S/C30H34ClNO3/c1-30(2)20-32(18-21-7-4-3-5-8-21)27-16-22(11-14-29(27)35-30)15-24-17-23(12-13-26(24)31)28-10-6-9-25(19-33)34-28/h3-5,7-8,11-14,16-17,25,28,33H,6,9-10,15,18-20H2,1-2H3/t25-,28+/m1/s1. The Balaban J connectivity index is 1.40. The molecule has 0 amide bonds. The molecule has 0 bridgehead atoms. The zero-order chi connectivity index (χ0) is 24.4. The second-order valence-corrected chi connectivity index (χ2v) is 10.8. The van der Waals surface area contributed by atoms with Crippen LogP contribution in [0.1, 0.15) is 61.5 Å². The van der Waals surface area contributed by atoms with Gasteiger partial charge in [-0.15, -0.1) is 0 Å². The molecular weight excluding hydrogens is 458 g/mol. The first-order valence-electron chi connectivity index (χ1n) is 12.6. The molecule has 4 nitrogen and oxygen atoms in total. The number of halogens is 1. The summed E-state index contributed by atoms with van der Waals surface area (Å²) in [5.74, 6) is 0.923. The van der Waals surface area contributed by atoms with E-state index in [1.54, 1.807) is 0 Å². The molecule has 3 aromatic carbocycles. The summed E-state index contributed by atoms with van der Waals surface area (Å²) in [6, 6.07) is 23.3. The van der Waals surface area contributed by atoms with Crippen LogP contribution in [0.5, 0.6) is 5.75 Å². The summed E-state index contributed by atoms with van der Waals surface area (Å²) in [4.78, 5) is 2.42. The SMILES string of the molecule is CC1(C)CN(Cc2ccccc2)c2cc(Cc3cc([C@@H]4CCC[C@H](CO)O4)ccc3Cl)ccc2O1. The highest BCUT2D eigenvalue weighted by Gasteiger charge is 2.32. The molecule has 5 rings (SSSR count). The molecular formula is C30H34ClNO3. The Bertz CT molecular complexity index is 1160. The van der Waals surface area contributed by atoms with Crippen LogP contribution >= 0.6 is 11.6 Å². The molecule has 2 aliphatic rings. The predicted molar refractivity (Wildman–Crippen MR) is 141 cm³/mol. The quantitative estimate of drug-likeness (QED) is 0.416. The van der Waals surface area contributed by atoms with Crippen LogP contribution < -0.4 is 9.64 Å².